The third kappa shape index (κ3) is 5.53. The summed E-state index contributed by atoms with van der Waals surface area (Å²) in [5, 5.41) is 12.9. The molecular formula is C28H27BrF2N2O2. The van der Waals surface area contributed by atoms with E-state index >= 15 is 0 Å². The molecule has 4 rings (SSSR count). The third-order valence-electron chi connectivity index (χ3n) is 6.06. The maximum atomic E-state index is 14.2. The Morgan fingerprint density at radius 3 is 2.31 bits per heavy atom. The van der Waals surface area contributed by atoms with E-state index in [1.54, 1.807) is 13.2 Å². The van der Waals surface area contributed by atoms with Gasteiger partial charge in [-0.2, -0.15) is 0 Å². The van der Waals surface area contributed by atoms with Crippen molar-refractivity contribution >= 4 is 26.8 Å². The number of ether oxygens (including phenoxy) is 1. The number of fused-ring (bicyclic) bond motifs is 1. The van der Waals surface area contributed by atoms with Crippen LogP contribution in [-0.2, 0) is 12.0 Å². The average Bonchev–Trinajstić information content (AvgIpc) is 2.81. The minimum Gasteiger partial charge on any atom is -0.481 e. The molecule has 0 saturated carbocycles. The maximum Gasteiger partial charge on any atom is 0.217 e. The molecule has 182 valence electrons. The molecule has 0 bridgehead atoms. The second-order valence-electron chi connectivity index (χ2n) is 8.92. The Bertz CT molecular complexity index is 1330. The standard InChI is InChI=1S/C28H27BrF2N2O2/c1-33(2)10-9-28(34,21-14-23(30)17-24(31)15-21)25-16-22(29)13-19-12-20(27(35-3)32-26(19)25)11-18-7-5-4-6-8-18/h4-8,12-17,34H,9-11H2,1-3H3. The number of hydrogen-bond donors (Lipinski definition) is 1. The second-order valence-corrected chi connectivity index (χ2v) is 9.83. The van der Waals surface area contributed by atoms with E-state index in [0.29, 0.717) is 29.9 Å². The van der Waals surface area contributed by atoms with Crippen LogP contribution in [-0.4, -0.2) is 42.7 Å². The van der Waals surface area contributed by atoms with Crippen molar-refractivity contribution in [1.29, 1.82) is 0 Å². The topological polar surface area (TPSA) is 45.6 Å². The van der Waals surface area contributed by atoms with Crippen LogP contribution < -0.4 is 4.74 Å². The van der Waals surface area contributed by atoms with Crippen molar-refractivity contribution in [2.24, 2.45) is 0 Å². The molecule has 0 aliphatic rings. The van der Waals surface area contributed by atoms with Crippen LogP contribution in [0, 0.1) is 11.6 Å². The van der Waals surface area contributed by atoms with Gasteiger partial charge in [0.25, 0.3) is 0 Å². The number of pyridine rings is 1. The molecular weight excluding hydrogens is 514 g/mol. The molecule has 4 aromatic rings. The SMILES string of the molecule is COc1nc2c(C(O)(CCN(C)C)c3cc(F)cc(F)c3)cc(Br)cc2cc1Cc1ccccc1. The summed E-state index contributed by atoms with van der Waals surface area (Å²) < 4.78 is 34.8. The van der Waals surface area contributed by atoms with Crippen LogP contribution in [0.2, 0.25) is 0 Å². The zero-order valence-electron chi connectivity index (χ0n) is 19.9. The summed E-state index contributed by atoms with van der Waals surface area (Å²) in [6.45, 7) is 0.478. The predicted octanol–water partition coefficient (Wildman–Crippen LogP) is 6.06. The van der Waals surface area contributed by atoms with E-state index in [0.717, 1.165) is 27.1 Å². The van der Waals surface area contributed by atoms with Gasteiger partial charge in [-0.1, -0.05) is 46.3 Å². The van der Waals surface area contributed by atoms with Crippen molar-refractivity contribution in [2.75, 3.05) is 27.7 Å². The molecule has 0 aliphatic carbocycles. The second kappa shape index (κ2) is 10.4. The number of benzene rings is 3. The minimum absolute atomic E-state index is 0.130. The number of nitrogens with zero attached hydrogens (tertiary/aromatic N) is 2. The van der Waals surface area contributed by atoms with Crippen LogP contribution in [0.15, 0.2) is 71.2 Å². The Kier molecular flexibility index (Phi) is 7.50. The van der Waals surface area contributed by atoms with Crippen molar-refractivity contribution in [3.05, 3.63) is 105 Å². The van der Waals surface area contributed by atoms with Gasteiger partial charge in [0.15, 0.2) is 0 Å². The lowest BCUT2D eigenvalue weighted by Gasteiger charge is -2.32. The molecule has 1 unspecified atom stereocenters. The number of aromatic nitrogens is 1. The molecule has 0 radical (unpaired) electrons. The van der Waals surface area contributed by atoms with Crippen LogP contribution >= 0.6 is 15.9 Å². The predicted molar refractivity (Wildman–Crippen MR) is 138 cm³/mol. The molecule has 35 heavy (non-hydrogen) atoms. The first-order valence-corrected chi connectivity index (χ1v) is 12.0. The molecule has 1 aromatic heterocycles. The van der Waals surface area contributed by atoms with E-state index in [1.165, 1.54) is 12.1 Å². The Balaban J connectivity index is 1.94. The lowest BCUT2D eigenvalue weighted by molar-refractivity contribution is 0.0634. The number of methoxy groups -OCH3 is 1. The van der Waals surface area contributed by atoms with Gasteiger partial charge in [-0.3, -0.25) is 0 Å². The van der Waals surface area contributed by atoms with Crippen molar-refractivity contribution in [2.45, 2.75) is 18.4 Å². The highest BCUT2D eigenvalue weighted by Gasteiger charge is 2.35. The van der Waals surface area contributed by atoms with E-state index in [2.05, 4.69) is 15.9 Å². The van der Waals surface area contributed by atoms with Gasteiger partial charge in [0.05, 0.1) is 12.6 Å². The quantitative estimate of drug-likeness (QED) is 0.295. The monoisotopic (exact) mass is 540 g/mol. The van der Waals surface area contributed by atoms with E-state index in [4.69, 9.17) is 9.72 Å². The van der Waals surface area contributed by atoms with Gasteiger partial charge >= 0.3 is 0 Å². The first-order chi connectivity index (χ1) is 16.7. The highest BCUT2D eigenvalue weighted by atomic mass is 79.9. The van der Waals surface area contributed by atoms with Gasteiger partial charge in [-0.25, -0.2) is 13.8 Å². The fourth-order valence-electron chi connectivity index (χ4n) is 4.32. The third-order valence-corrected chi connectivity index (χ3v) is 6.52. The first kappa shape index (κ1) is 25.2. The summed E-state index contributed by atoms with van der Waals surface area (Å²) in [6.07, 6.45) is 0.818. The molecule has 4 nitrogen and oxygen atoms in total. The zero-order chi connectivity index (χ0) is 25.2. The molecule has 1 heterocycles. The molecule has 0 saturated heterocycles. The van der Waals surface area contributed by atoms with Crippen LogP contribution in [0.4, 0.5) is 8.78 Å². The molecule has 0 amide bonds. The van der Waals surface area contributed by atoms with Gasteiger partial charge in [0.1, 0.15) is 17.2 Å². The average molecular weight is 541 g/mol. The van der Waals surface area contributed by atoms with Crippen LogP contribution in [0.25, 0.3) is 10.9 Å². The van der Waals surface area contributed by atoms with Gasteiger partial charge < -0.3 is 14.7 Å². The molecule has 7 heteroatoms. The largest absolute Gasteiger partial charge is 0.481 e. The van der Waals surface area contributed by atoms with Crippen molar-refractivity contribution in [3.63, 3.8) is 0 Å². The van der Waals surface area contributed by atoms with Crippen molar-refractivity contribution in [3.8, 4) is 5.88 Å². The Labute approximate surface area is 212 Å². The van der Waals surface area contributed by atoms with Crippen molar-refractivity contribution in [1.82, 2.24) is 9.88 Å². The van der Waals surface area contributed by atoms with Gasteiger partial charge in [-0.05, 0) is 62.0 Å². The van der Waals surface area contributed by atoms with Crippen molar-refractivity contribution < 1.29 is 18.6 Å². The summed E-state index contributed by atoms with van der Waals surface area (Å²) in [6, 6.07) is 18.8. The highest BCUT2D eigenvalue weighted by molar-refractivity contribution is 9.10. The minimum atomic E-state index is -1.70. The van der Waals surface area contributed by atoms with Crippen LogP contribution in [0.1, 0.15) is 28.7 Å². The molecule has 0 aliphatic heterocycles. The summed E-state index contributed by atoms with van der Waals surface area (Å²) in [5.74, 6) is -1.07. The molecule has 1 N–H and O–H groups in total. The smallest absolute Gasteiger partial charge is 0.217 e. The molecule has 3 aromatic carbocycles. The first-order valence-electron chi connectivity index (χ1n) is 11.2. The lowest BCUT2D eigenvalue weighted by atomic mass is 9.82. The van der Waals surface area contributed by atoms with E-state index in [1.807, 2.05) is 61.5 Å². The van der Waals surface area contributed by atoms with Crippen LogP contribution in [0.5, 0.6) is 5.88 Å². The van der Waals surface area contributed by atoms with Gasteiger partial charge in [-0.15, -0.1) is 0 Å². The normalized spacial score (nSPS) is 13.3. The van der Waals surface area contributed by atoms with E-state index in [-0.39, 0.29) is 12.0 Å². The zero-order valence-corrected chi connectivity index (χ0v) is 21.4. The molecule has 0 spiro atoms. The number of aliphatic hydroxyl groups is 1. The highest BCUT2D eigenvalue weighted by Crippen LogP contribution is 2.40. The lowest BCUT2D eigenvalue weighted by Crippen LogP contribution is -2.32. The molecule has 0 fully saturated rings. The summed E-state index contributed by atoms with van der Waals surface area (Å²) in [5.41, 5.74) is 1.38. The summed E-state index contributed by atoms with van der Waals surface area (Å²) in [4.78, 5) is 6.70. The van der Waals surface area contributed by atoms with Gasteiger partial charge in [0.2, 0.25) is 5.88 Å². The maximum absolute atomic E-state index is 14.2. The van der Waals surface area contributed by atoms with E-state index < -0.39 is 17.2 Å². The number of rotatable bonds is 8. The fourth-order valence-corrected chi connectivity index (χ4v) is 4.80. The number of halogens is 3. The molecule has 1 atom stereocenters. The Morgan fingerprint density at radius 2 is 1.69 bits per heavy atom. The summed E-state index contributed by atoms with van der Waals surface area (Å²) >= 11 is 3.56. The van der Waals surface area contributed by atoms with Gasteiger partial charge in [0, 0.05) is 40.0 Å². The van der Waals surface area contributed by atoms with E-state index in [9.17, 15) is 13.9 Å². The Hall–Kier alpha value is -2.87. The number of hydrogen-bond acceptors (Lipinski definition) is 4. The summed E-state index contributed by atoms with van der Waals surface area (Å²) in [7, 11) is 5.31. The van der Waals surface area contributed by atoms with Crippen LogP contribution in [0.3, 0.4) is 0 Å². The Morgan fingerprint density at radius 1 is 1.00 bits per heavy atom. The fraction of sp³-hybridized carbons (Fsp3) is 0.250.